The van der Waals surface area contributed by atoms with E-state index in [4.69, 9.17) is 9.97 Å². The Morgan fingerprint density at radius 1 is 0.742 bits per heavy atom. The van der Waals surface area contributed by atoms with Crippen LogP contribution in [-0.4, -0.2) is 35.2 Å². The minimum atomic E-state index is -1.39. The lowest BCUT2D eigenvalue weighted by atomic mass is 9.83. The van der Waals surface area contributed by atoms with E-state index in [2.05, 4.69) is 0 Å². The van der Waals surface area contributed by atoms with Crippen LogP contribution < -0.4 is 0 Å². The van der Waals surface area contributed by atoms with E-state index in [1.165, 1.54) is 0 Å². The number of thioether (sulfide) groups is 1. The number of hydrogen-bond donors (Lipinski definition) is 1. The molecule has 5 nitrogen and oxygen atoms in total. The van der Waals surface area contributed by atoms with E-state index in [-0.39, 0.29) is 0 Å². The first kappa shape index (κ1) is 21.4. The van der Waals surface area contributed by atoms with Gasteiger partial charge in [0.15, 0.2) is 5.60 Å². The molecule has 0 fully saturated rings. The first-order valence-electron chi connectivity index (χ1n) is 10.2. The van der Waals surface area contributed by atoms with Crippen molar-refractivity contribution < 1.29 is 5.11 Å². The fourth-order valence-corrected chi connectivity index (χ4v) is 4.39. The third-order valence-corrected chi connectivity index (χ3v) is 7.26. The molecule has 0 saturated carbocycles. The van der Waals surface area contributed by atoms with Gasteiger partial charge in [0.05, 0.1) is 16.1 Å². The molecule has 4 rings (SSSR count). The van der Waals surface area contributed by atoms with Gasteiger partial charge in [-0.3, -0.25) is 0 Å². The summed E-state index contributed by atoms with van der Waals surface area (Å²) < 4.78 is 3.36. The van der Waals surface area contributed by atoms with Gasteiger partial charge in [-0.1, -0.05) is 60.7 Å². The summed E-state index contributed by atoms with van der Waals surface area (Å²) in [4.78, 5) is 9.81. The quantitative estimate of drug-likeness (QED) is 0.472. The summed E-state index contributed by atoms with van der Waals surface area (Å²) in [5.41, 5.74) is 1.80. The van der Waals surface area contributed by atoms with Crippen molar-refractivity contribution in [1.82, 2.24) is 19.1 Å². The van der Waals surface area contributed by atoms with Crippen LogP contribution in [0.25, 0.3) is 22.8 Å². The molecule has 0 atom stereocenters. The first-order chi connectivity index (χ1) is 14.8. The van der Waals surface area contributed by atoms with Crippen LogP contribution in [0.3, 0.4) is 0 Å². The van der Waals surface area contributed by atoms with Gasteiger partial charge >= 0.3 is 0 Å². The molecule has 2 aromatic carbocycles. The van der Waals surface area contributed by atoms with Crippen molar-refractivity contribution in [2.45, 2.75) is 24.2 Å². The molecule has 0 spiro atoms. The lowest BCUT2D eigenvalue weighted by Gasteiger charge is -2.39. The Hall–Kier alpha value is -2.83. The number of aromatic nitrogens is 4. The predicted molar refractivity (Wildman–Crippen MR) is 128 cm³/mol. The molecule has 6 heteroatoms. The average molecular weight is 433 g/mol. The Kier molecular flexibility index (Phi) is 5.54. The summed E-state index contributed by atoms with van der Waals surface area (Å²) in [6.45, 7) is 4.07. The first-order valence-corrected chi connectivity index (χ1v) is 11.5. The summed E-state index contributed by atoms with van der Waals surface area (Å²) >= 11 is 1.60. The van der Waals surface area contributed by atoms with E-state index >= 15 is 0 Å². The van der Waals surface area contributed by atoms with Crippen molar-refractivity contribution >= 4 is 11.8 Å². The van der Waals surface area contributed by atoms with Crippen LogP contribution in [0.15, 0.2) is 73.1 Å². The van der Waals surface area contributed by atoms with Crippen molar-refractivity contribution in [3.8, 4) is 22.8 Å². The highest BCUT2D eigenvalue weighted by molar-refractivity contribution is 8.00. The average Bonchev–Trinajstić information content (AvgIpc) is 3.37. The molecule has 0 saturated heterocycles. The standard InChI is InChI=1S/C25H28N4OS/c1-24(2,31-5)25(30,20-16-28(3)22(26-20)18-12-8-6-9-13-18)21-17-29(4)23(27-21)19-14-10-7-11-15-19/h6-17,30H,1-5H3. The van der Waals surface area contributed by atoms with Crippen molar-refractivity contribution in [1.29, 1.82) is 0 Å². The molecule has 0 radical (unpaired) electrons. The van der Waals surface area contributed by atoms with Gasteiger partial charge < -0.3 is 14.2 Å². The molecule has 1 N–H and O–H groups in total. The smallest absolute Gasteiger partial charge is 0.165 e. The lowest BCUT2D eigenvalue weighted by molar-refractivity contribution is 0.0409. The Morgan fingerprint density at radius 3 is 1.48 bits per heavy atom. The monoisotopic (exact) mass is 432 g/mol. The molecule has 4 aromatic rings. The second kappa shape index (κ2) is 8.02. The summed E-state index contributed by atoms with van der Waals surface area (Å²) in [5.74, 6) is 1.62. The zero-order chi connectivity index (χ0) is 22.2. The zero-order valence-corrected chi connectivity index (χ0v) is 19.4. The highest BCUT2D eigenvalue weighted by Gasteiger charge is 2.50. The molecule has 0 amide bonds. The predicted octanol–water partition coefficient (Wildman–Crippen LogP) is 4.87. The van der Waals surface area contributed by atoms with Gasteiger partial charge in [-0.2, -0.15) is 11.8 Å². The van der Waals surface area contributed by atoms with Crippen LogP contribution in [0.1, 0.15) is 25.2 Å². The number of imidazole rings is 2. The molecule has 0 aliphatic rings. The van der Waals surface area contributed by atoms with Crippen LogP contribution >= 0.6 is 11.8 Å². The normalized spacial score (nSPS) is 12.3. The summed E-state index contributed by atoms with van der Waals surface area (Å²) in [6, 6.07) is 20.0. The third kappa shape index (κ3) is 3.60. The number of aryl methyl sites for hydroxylation is 2. The number of hydrogen-bond acceptors (Lipinski definition) is 4. The van der Waals surface area contributed by atoms with E-state index in [1.807, 2.05) is 116 Å². The van der Waals surface area contributed by atoms with E-state index in [9.17, 15) is 5.11 Å². The number of aliphatic hydroxyl groups is 1. The van der Waals surface area contributed by atoms with Gasteiger partial charge in [-0.15, -0.1) is 0 Å². The maximum Gasteiger partial charge on any atom is 0.165 e. The van der Waals surface area contributed by atoms with Crippen molar-refractivity contribution in [3.05, 3.63) is 84.4 Å². The maximum atomic E-state index is 12.3. The van der Waals surface area contributed by atoms with E-state index in [1.54, 1.807) is 11.8 Å². The van der Waals surface area contributed by atoms with Crippen LogP contribution in [0.4, 0.5) is 0 Å². The van der Waals surface area contributed by atoms with E-state index in [0.29, 0.717) is 11.4 Å². The Balaban J connectivity index is 1.89. The van der Waals surface area contributed by atoms with Gasteiger partial charge in [-0.05, 0) is 20.1 Å². The third-order valence-electron chi connectivity index (χ3n) is 5.94. The van der Waals surface area contributed by atoms with Crippen LogP contribution in [0, 0.1) is 0 Å². The Bertz CT molecular complexity index is 1100. The molecular weight excluding hydrogens is 404 g/mol. The van der Waals surface area contributed by atoms with Crippen molar-refractivity contribution in [2.75, 3.05) is 6.26 Å². The summed E-state index contributed by atoms with van der Waals surface area (Å²) in [6.07, 6.45) is 5.83. The molecule has 31 heavy (non-hydrogen) atoms. The minimum absolute atomic E-state index is 0.572. The Morgan fingerprint density at radius 2 is 1.13 bits per heavy atom. The van der Waals surface area contributed by atoms with Crippen LogP contribution in [0.2, 0.25) is 0 Å². The molecule has 2 aromatic heterocycles. The van der Waals surface area contributed by atoms with E-state index < -0.39 is 10.3 Å². The number of benzene rings is 2. The molecule has 0 unspecified atom stereocenters. The van der Waals surface area contributed by atoms with Crippen LogP contribution in [-0.2, 0) is 19.7 Å². The molecule has 0 aliphatic heterocycles. The highest BCUT2D eigenvalue weighted by Crippen LogP contribution is 2.46. The largest absolute Gasteiger partial charge is 0.376 e. The van der Waals surface area contributed by atoms with E-state index in [0.717, 1.165) is 22.8 Å². The zero-order valence-electron chi connectivity index (χ0n) is 18.6. The topological polar surface area (TPSA) is 55.9 Å². The molecule has 160 valence electrons. The van der Waals surface area contributed by atoms with Gasteiger partial charge in [-0.25, -0.2) is 9.97 Å². The summed E-state index contributed by atoms with van der Waals surface area (Å²) in [5, 5.41) is 12.3. The Labute approximate surface area is 187 Å². The number of rotatable bonds is 6. The molecule has 0 aliphatic carbocycles. The van der Waals surface area contributed by atoms with Gasteiger partial charge in [0.1, 0.15) is 11.6 Å². The molecule has 0 bridgehead atoms. The van der Waals surface area contributed by atoms with Crippen LogP contribution in [0.5, 0.6) is 0 Å². The minimum Gasteiger partial charge on any atom is -0.376 e. The summed E-state index contributed by atoms with van der Waals surface area (Å²) in [7, 11) is 3.92. The second-order valence-corrected chi connectivity index (χ2v) is 9.71. The molecule has 2 heterocycles. The second-order valence-electron chi connectivity index (χ2n) is 8.28. The van der Waals surface area contributed by atoms with Gasteiger partial charge in [0.25, 0.3) is 0 Å². The fourth-order valence-electron chi connectivity index (χ4n) is 3.89. The fraction of sp³-hybridized carbons (Fsp3) is 0.280. The van der Waals surface area contributed by atoms with Crippen molar-refractivity contribution in [2.24, 2.45) is 14.1 Å². The maximum absolute atomic E-state index is 12.3. The molecular formula is C25H28N4OS. The van der Waals surface area contributed by atoms with Gasteiger partial charge in [0.2, 0.25) is 0 Å². The highest BCUT2D eigenvalue weighted by atomic mass is 32.2. The van der Waals surface area contributed by atoms with Gasteiger partial charge in [0, 0.05) is 37.6 Å². The number of nitrogens with zero attached hydrogens (tertiary/aromatic N) is 4. The SMILES string of the molecule is CSC(C)(C)C(O)(c1cn(C)c(-c2ccccc2)n1)c1cn(C)c(-c2ccccc2)n1. The lowest BCUT2D eigenvalue weighted by Crippen LogP contribution is -2.46. The van der Waals surface area contributed by atoms with Crippen molar-refractivity contribution in [3.63, 3.8) is 0 Å².